The smallest absolute Gasteiger partial charge is 0.259 e. The van der Waals surface area contributed by atoms with Crippen molar-refractivity contribution < 1.29 is 9.90 Å². The third kappa shape index (κ3) is 2.38. The summed E-state index contributed by atoms with van der Waals surface area (Å²) in [5, 5.41) is 19.4. The number of para-hydroxylation sites is 3. The molecule has 1 amide bonds. The maximum atomic E-state index is 12.3. The second-order valence-electron chi connectivity index (χ2n) is 5.22. The molecule has 118 valence electrons. The van der Waals surface area contributed by atoms with Gasteiger partial charge in [-0.25, -0.2) is 4.98 Å². The highest BCUT2D eigenvalue weighted by Crippen LogP contribution is 2.26. The van der Waals surface area contributed by atoms with E-state index in [9.17, 15) is 9.90 Å². The van der Waals surface area contributed by atoms with Crippen LogP contribution in [0.1, 0.15) is 10.4 Å². The Bertz CT molecular complexity index is 1000. The van der Waals surface area contributed by atoms with Gasteiger partial charge in [0.1, 0.15) is 5.75 Å². The molecule has 0 fully saturated rings. The number of phenols is 1. The average molecular weight is 319 g/mol. The molecule has 0 radical (unpaired) electrons. The summed E-state index contributed by atoms with van der Waals surface area (Å²) in [5.74, 6) is 0.0423. The van der Waals surface area contributed by atoms with E-state index in [1.807, 2.05) is 24.3 Å². The predicted molar refractivity (Wildman–Crippen MR) is 89.7 cm³/mol. The second kappa shape index (κ2) is 5.54. The number of carbonyl (C=O) groups is 1. The Balaban J connectivity index is 1.68. The highest BCUT2D eigenvalue weighted by atomic mass is 16.3. The Labute approximate surface area is 136 Å². The summed E-state index contributed by atoms with van der Waals surface area (Å²) in [6.07, 6.45) is 1.57. The molecule has 4 aromatic rings. The minimum Gasteiger partial charge on any atom is -0.507 e. The van der Waals surface area contributed by atoms with Gasteiger partial charge in [-0.15, -0.1) is 0 Å². The van der Waals surface area contributed by atoms with Crippen LogP contribution in [-0.4, -0.2) is 31.2 Å². The Morgan fingerprint density at radius 1 is 1.08 bits per heavy atom. The number of aromatic nitrogens is 4. The number of amides is 1. The standard InChI is InChI=1S/C17H13N5O2/c23-14-8-4-1-5-10(14)17(24)21-13-9-18-22-15(13)16-19-11-6-2-3-7-12(11)20-16/h1-9,23H,(H,18,22)(H,19,20)(H,21,24). The largest absolute Gasteiger partial charge is 0.507 e. The van der Waals surface area contributed by atoms with Gasteiger partial charge in [-0.05, 0) is 24.3 Å². The van der Waals surface area contributed by atoms with Crippen molar-refractivity contribution in [1.82, 2.24) is 20.2 Å². The number of hydrogen-bond donors (Lipinski definition) is 4. The quantitative estimate of drug-likeness (QED) is 0.466. The maximum absolute atomic E-state index is 12.3. The number of fused-ring (bicyclic) bond motifs is 1. The summed E-state index contributed by atoms with van der Waals surface area (Å²) in [5.41, 5.74) is 2.86. The summed E-state index contributed by atoms with van der Waals surface area (Å²) >= 11 is 0. The number of nitrogens with zero attached hydrogens (tertiary/aromatic N) is 2. The highest BCUT2D eigenvalue weighted by molar-refractivity contribution is 6.07. The van der Waals surface area contributed by atoms with Gasteiger partial charge >= 0.3 is 0 Å². The van der Waals surface area contributed by atoms with Crippen LogP contribution in [0.4, 0.5) is 5.69 Å². The first-order chi connectivity index (χ1) is 11.7. The van der Waals surface area contributed by atoms with E-state index in [4.69, 9.17) is 0 Å². The predicted octanol–water partition coefficient (Wildman–Crippen LogP) is 2.91. The van der Waals surface area contributed by atoms with Gasteiger partial charge < -0.3 is 15.4 Å². The van der Waals surface area contributed by atoms with Gasteiger partial charge in [-0.2, -0.15) is 5.10 Å². The van der Waals surface area contributed by atoms with E-state index < -0.39 is 5.91 Å². The molecule has 0 aliphatic carbocycles. The lowest BCUT2D eigenvalue weighted by Crippen LogP contribution is -2.12. The fourth-order valence-corrected chi connectivity index (χ4v) is 2.49. The number of benzene rings is 2. The zero-order valence-electron chi connectivity index (χ0n) is 12.4. The van der Waals surface area contributed by atoms with Crippen molar-refractivity contribution in [3.8, 4) is 17.3 Å². The molecule has 7 heteroatoms. The van der Waals surface area contributed by atoms with E-state index in [2.05, 4.69) is 25.5 Å². The summed E-state index contributed by atoms with van der Waals surface area (Å²) in [4.78, 5) is 20.0. The number of aromatic amines is 2. The lowest BCUT2D eigenvalue weighted by atomic mass is 10.2. The summed E-state index contributed by atoms with van der Waals surface area (Å²) in [6.45, 7) is 0. The van der Waals surface area contributed by atoms with E-state index in [1.165, 1.54) is 6.07 Å². The number of imidazole rings is 1. The van der Waals surface area contributed by atoms with E-state index in [-0.39, 0.29) is 11.3 Å². The first-order valence-corrected chi connectivity index (χ1v) is 7.30. The number of phenolic OH excluding ortho intramolecular Hbond substituents is 1. The number of rotatable bonds is 3. The zero-order chi connectivity index (χ0) is 16.5. The van der Waals surface area contributed by atoms with Gasteiger partial charge in [-0.3, -0.25) is 9.89 Å². The van der Waals surface area contributed by atoms with Crippen molar-refractivity contribution in [1.29, 1.82) is 0 Å². The molecule has 0 aliphatic rings. The molecule has 0 saturated heterocycles. The lowest BCUT2D eigenvalue weighted by molar-refractivity contribution is 0.102. The van der Waals surface area contributed by atoms with Gasteiger partial charge in [0.25, 0.3) is 5.91 Å². The highest BCUT2D eigenvalue weighted by Gasteiger charge is 2.17. The number of hydrogen-bond acceptors (Lipinski definition) is 4. The van der Waals surface area contributed by atoms with Crippen LogP contribution in [0.15, 0.2) is 54.7 Å². The van der Waals surface area contributed by atoms with Gasteiger partial charge in [0.05, 0.1) is 22.3 Å². The molecular weight excluding hydrogens is 306 g/mol. The molecule has 2 aromatic carbocycles. The van der Waals surface area contributed by atoms with Crippen LogP contribution in [0.2, 0.25) is 0 Å². The van der Waals surface area contributed by atoms with Crippen LogP contribution in [0.25, 0.3) is 22.6 Å². The van der Waals surface area contributed by atoms with Crippen molar-refractivity contribution in [2.24, 2.45) is 0 Å². The van der Waals surface area contributed by atoms with Gasteiger partial charge in [-0.1, -0.05) is 24.3 Å². The monoisotopic (exact) mass is 319 g/mol. The fraction of sp³-hybridized carbons (Fsp3) is 0. The van der Waals surface area contributed by atoms with Gasteiger partial charge in [0.2, 0.25) is 0 Å². The number of anilines is 1. The van der Waals surface area contributed by atoms with Crippen molar-refractivity contribution in [3.05, 3.63) is 60.3 Å². The third-order valence-electron chi connectivity index (χ3n) is 3.65. The van der Waals surface area contributed by atoms with Crippen molar-refractivity contribution in [3.63, 3.8) is 0 Å². The molecule has 7 nitrogen and oxygen atoms in total. The van der Waals surface area contributed by atoms with E-state index in [1.54, 1.807) is 24.4 Å². The van der Waals surface area contributed by atoms with Crippen LogP contribution in [0.5, 0.6) is 5.75 Å². The Morgan fingerprint density at radius 3 is 2.71 bits per heavy atom. The second-order valence-corrected chi connectivity index (χ2v) is 5.22. The molecule has 4 N–H and O–H groups in total. The number of carbonyl (C=O) groups excluding carboxylic acids is 1. The molecule has 0 aliphatic heterocycles. The fourth-order valence-electron chi connectivity index (χ4n) is 2.49. The number of H-pyrrole nitrogens is 2. The van der Waals surface area contributed by atoms with E-state index in [0.717, 1.165) is 11.0 Å². The van der Waals surface area contributed by atoms with E-state index in [0.29, 0.717) is 17.2 Å². The molecule has 0 atom stereocenters. The average Bonchev–Trinajstić information content (AvgIpc) is 3.21. The SMILES string of the molecule is O=C(Nc1c[nH]nc1-c1nc2ccccc2[nH]1)c1ccccc1O. The van der Waals surface area contributed by atoms with Crippen LogP contribution in [0.3, 0.4) is 0 Å². The Kier molecular flexibility index (Phi) is 3.24. The van der Waals surface area contributed by atoms with Crippen molar-refractivity contribution in [2.45, 2.75) is 0 Å². The first kappa shape index (κ1) is 14.0. The normalized spacial score (nSPS) is 10.8. The summed E-state index contributed by atoms with van der Waals surface area (Å²) in [6, 6.07) is 14.0. The van der Waals surface area contributed by atoms with Crippen LogP contribution < -0.4 is 5.32 Å². The maximum Gasteiger partial charge on any atom is 0.259 e. The Morgan fingerprint density at radius 2 is 1.88 bits per heavy atom. The zero-order valence-corrected chi connectivity index (χ0v) is 12.4. The van der Waals surface area contributed by atoms with Gasteiger partial charge in [0, 0.05) is 6.20 Å². The summed E-state index contributed by atoms with van der Waals surface area (Å²) < 4.78 is 0. The summed E-state index contributed by atoms with van der Waals surface area (Å²) in [7, 11) is 0. The Hall–Kier alpha value is -3.61. The minimum absolute atomic E-state index is 0.0798. The third-order valence-corrected chi connectivity index (χ3v) is 3.65. The van der Waals surface area contributed by atoms with Crippen LogP contribution in [0, 0.1) is 0 Å². The van der Waals surface area contributed by atoms with E-state index >= 15 is 0 Å². The first-order valence-electron chi connectivity index (χ1n) is 7.30. The molecule has 0 unspecified atom stereocenters. The number of aromatic hydroxyl groups is 1. The molecule has 2 heterocycles. The lowest BCUT2D eigenvalue weighted by Gasteiger charge is -2.05. The van der Waals surface area contributed by atoms with Crippen LogP contribution >= 0.6 is 0 Å². The molecular formula is C17H13N5O2. The topological polar surface area (TPSA) is 107 Å². The van der Waals surface area contributed by atoms with Gasteiger partial charge in [0.15, 0.2) is 11.5 Å². The minimum atomic E-state index is -0.424. The molecule has 0 saturated carbocycles. The molecule has 2 aromatic heterocycles. The molecule has 4 rings (SSSR count). The molecule has 0 bridgehead atoms. The van der Waals surface area contributed by atoms with Crippen LogP contribution in [-0.2, 0) is 0 Å². The molecule has 0 spiro atoms. The van der Waals surface area contributed by atoms with Crippen molar-refractivity contribution in [2.75, 3.05) is 5.32 Å². The van der Waals surface area contributed by atoms with Crippen molar-refractivity contribution >= 4 is 22.6 Å². The molecule has 24 heavy (non-hydrogen) atoms. The number of nitrogens with one attached hydrogen (secondary N) is 3.